The minimum atomic E-state index is -0.905. The van der Waals surface area contributed by atoms with Crippen molar-refractivity contribution < 1.29 is 14.4 Å². The molecule has 170 valence electrons. The molecule has 3 aromatic rings. The van der Waals surface area contributed by atoms with Crippen LogP contribution in [-0.4, -0.2) is 57.8 Å². The summed E-state index contributed by atoms with van der Waals surface area (Å²) in [7, 11) is 0. The summed E-state index contributed by atoms with van der Waals surface area (Å²) < 4.78 is 0. The molecule has 2 aliphatic rings. The highest BCUT2D eigenvalue weighted by Gasteiger charge is 2.30. The molecule has 0 radical (unpaired) electrons. The second kappa shape index (κ2) is 9.03. The number of carbonyl (C=O) groups excluding carboxylic acids is 3. The Hall–Kier alpha value is -3.72. The summed E-state index contributed by atoms with van der Waals surface area (Å²) in [6.45, 7) is 2.43. The number of anilines is 1. The van der Waals surface area contributed by atoms with Gasteiger partial charge in [-0.05, 0) is 37.1 Å². The predicted molar refractivity (Wildman–Crippen MR) is 123 cm³/mol. The fourth-order valence-corrected chi connectivity index (χ4v) is 4.45. The van der Waals surface area contributed by atoms with Gasteiger partial charge in [0.1, 0.15) is 11.9 Å². The van der Waals surface area contributed by atoms with Crippen LogP contribution in [0.1, 0.15) is 35.4 Å². The number of aromatic amines is 1. The molecule has 0 aliphatic carbocycles. The molecule has 2 aliphatic heterocycles. The van der Waals surface area contributed by atoms with Crippen molar-refractivity contribution in [2.45, 2.75) is 37.9 Å². The van der Waals surface area contributed by atoms with Crippen LogP contribution in [0, 0.1) is 0 Å². The van der Waals surface area contributed by atoms with Gasteiger partial charge in [0.25, 0.3) is 5.91 Å². The van der Waals surface area contributed by atoms with Gasteiger partial charge in [-0.15, -0.1) is 0 Å². The van der Waals surface area contributed by atoms with Crippen LogP contribution in [0.25, 0.3) is 11.0 Å². The van der Waals surface area contributed by atoms with Gasteiger partial charge in [-0.25, -0.2) is 4.98 Å². The van der Waals surface area contributed by atoms with Gasteiger partial charge >= 0.3 is 0 Å². The summed E-state index contributed by atoms with van der Waals surface area (Å²) >= 11 is 0. The maximum absolute atomic E-state index is 12.6. The molecule has 1 saturated heterocycles. The van der Waals surface area contributed by atoms with E-state index in [9.17, 15) is 14.4 Å². The van der Waals surface area contributed by atoms with Gasteiger partial charge in [0, 0.05) is 19.1 Å². The third-order valence-electron chi connectivity index (χ3n) is 6.21. The zero-order valence-electron chi connectivity index (χ0n) is 18.1. The Bertz CT molecular complexity index is 1160. The van der Waals surface area contributed by atoms with Crippen LogP contribution >= 0.6 is 0 Å². The second-order valence-corrected chi connectivity index (χ2v) is 8.58. The van der Waals surface area contributed by atoms with Crippen LogP contribution < -0.4 is 16.0 Å². The molecule has 33 heavy (non-hydrogen) atoms. The number of hydrogen-bond donors (Lipinski definition) is 4. The quantitative estimate of drug-likeness (QED) is 0.476. The molecule has 0 spiro atoms. The maximum atomic E-state index is 12.6. The zero-order chi connectivity index (χ0) is 22.8. The highest BCUT2D eigenvalue weighted by Crippen LogP contribution is 2.19. The Balaban J connectivity index is 1.11. The Morgan fingerprint density at radius 3 is 2.64 bits per heavy atom. The van der Waals surface area contributed by atoms with Gasteiger partial charge in [0.05, 0.1) is 35.2 Å². The highest BCUT2D eigenvalue weighted by atomic mass is 16.2. The molecule has 4 N–H and O–H groups in total. The lowest BCUT2D eigenvalue weighted by molar-refractivity contribution is -0.126. The Morgan fingerprint density at radius 2 is 1.82 bits per heavy atom. The van der Waals surface area contributed by atoms with E-state index in [0.29, 0.717) is 11.3 Å². The molecular formula is C24H26N6O3. The second-order valence-electron chi connectivity index (χ2n) is 8.58. The van der Waals surface area contributed by atoms with Gasteiger partial charge in [0.15, 0.2) is 0 Å². The summed E-state index contributed by atoms with van der Waals surface area (Å²) in [6.07, 6.45) is 1.55. The Labute approximate surface area is 190 Å². The molecule has 1 fully saturated rings. The first-order valence-electron chi connectivity index (χ1n) is 11.2. The van der Waals surface area contributed by atoms with Gasteiger partial charge < -0.3 is 20.9 Å². The maximum Gasteiger partial charge on any atom is 0.254 e. The highest BCUT2D eigenvalue weighted by molar-refractivity contribution is 6.10. The van der Waals surface area contributed by atoms with Crippen molar-refractivity contribution in [3.8, 4) is 0 Å². The number of rotatable bonds is 5. The zero-order valence-corrected chi connectivity index (χ0v) is 18.1. The lowest BCUT2D eigenvalue weighted by atomic mass is 10.0. The third kappa shape index (κ3) is 4.73. The smallest absolute Gasteiger partial charge is 0.254 e. The van der Waals surface area contributed by atoms with Crippen molar-refractivity contribution in [1.82, 2.24) is 25.5 Å². The van der Waals surface area contributed by atoms with E-state index in [4.69, 9.17) is 0 Å². The van der Waals surface area contributed by atoms with Crippen LogP contribution in [0.5, 0.6) is 0 Å². The number of likely N-dealkylation sites (tertiary alicyclic amines) is 1. The van der Waals surface area contributed by atoms with Crippen molar-refractivity contribution in [2.24, 2.45) is 0 Å². The van der Waals surface area contributed by atoms with Gasteiger partial charge in [0.2, 0.25) is 11.8 Å². The number of H-pyrrole nitrogens is 1. The molecule has 0 bridgehead atoms. The molecule has 0 unspecified atom stereocenters. The number of benzene rings is 2. The van der Waals surface area contributed by atoms with Crippen LogP contribution in [-0.2, 0) is 16.1 Å². The van der Waals surface area contributed by atoms with Crippen LogP contribution in [0.2, 0.25) is 0 Å². The average Bonchev–Trinajstić information content (AvgIpc) is 3.17. The number of nitrogens with zero attached hydrogens (tertiary/aromatic N) is 2. The molecular weight excluding hydrogens is 420 g/mol. The summed E-state index contributed by atoms with van der Waals surface area (Å²) in [5.74, 6) is -0.0447. The first-order valence-corrected chi connectivity index (χ1v) is 11.2. The minimum Gasteiger partial charge on any atom is -0.353 e. The molecule has 9 heteroatoms. The number of aromatic nitrogens is 2. The van der Waals surface area contributed by atoms with Crippen molar-refractivity contribution in [1.29, 1.82) is 0 Å². The molecule has 5 rings (SSSR count). The molecule has 1 aromatic heterocycles. The van der Waals surface area contributed by atoms with Gasteiger partial charge in [-0.3, -0.25) is 19.3 Å². The van der Waals surface area contributed by atoms with Crippen LogP contribution in [0.4, 0.5) is 5.69 Å². The van der Waals surface area contributed by atoms with E-state index in [2.05, 4.69) is 30.8 Å². The van der Waals surface area contributed by atoms with E-state index in [0.717, 1.165) is 49.3 Å². The van der Waals surface area contributed by atoms with E-state index in [1.807, 2.05) is 24.3 Å². The number of nitrogens with one attached hydrogen (secondary N) is 4. The van der Waals surface area contributed by atoms with Crippen molar-refractivity contribution in [3.05, 3.63) is 59.9 Å². The van der Waals surface area contributed by atoms with E-state index in [1.54, 1.807) is 24.3 Å². The molecule has 3 amide bonds. The Kier molecular flexibility index (Phi) is 5.78. The molecule has 2 aromatic carbocycles. The molecule has 0 saturated carbocycles. The summed E-state index contributed by atoms with van der Waals surface area (Å²) in [4.78, 5) is 47.9. The summed E-state index contributed by atoms with van der Waals surface area (Å²) in [5, 5.41) is 8.43. The Morgan fingerprint density at radius 1 is 1.06 bits per heavy atom. The molecule has 9 nitrogen and oxygen atoms in total. The topological polar surface area (TPSA) is 119 Å². The van der Waals surface area contributed by atoms with E-state index < -0.39 is 6.04 Å². The van der Waals surface area contributed by atoms with Crippen molar-refractivity contribution in [2.75, 3.05) is 18.4 Å². The first kappa shape index (κ1) is 21.1. The normalized spacial score (nSPS) is 19.5. The van der Waals surface area contributed by atoms with E-state index in [-0.39, 0.29) is 30.2 Å². The standard InChI is InChI=1S/C24H26N6O3/c31-22(13-20-24(33)28-17-6-2-1-5-16(17)23(32)29-20)25-15-9-11-30(12-10-15)14-21-26-18-7-3-4-8-19(18)27-21/h1-8,15,20H,9-14H2,(H,25,31)(H,26,27)(H,28,33)(H,29,32)/t20-/m0/s1. The molecule has 1 atom stereocenters. The fourth-order valence-electron chi connectivity index (χ4n) is 4.45. The number of hydrogen-bond acceptors (Lipinski definition) is 5. The number of para-hydroxylation sites is 3. The summed E-state index contributed by atoms with van der Waals surface area (Å²) in [5.41, 5.74) is 2.85. The number of imidazole rings is 1. The SMILES string of the molecule is O=C(C[C@@H]1NC(=O)c2ccccc2NC1=O)NC1CCN(Cc2nc3ccccc3[nH]2)CC1. The van der Waals surface area contributed by atoms with Gasteiger partial charge in [-0.1, -0.05) is 24.3 Å². The molecule has 3 heterocycles. The number of carbonyl (C=O) groups is 3. The first-order chi connectivity index (χ1) is 16.0. The van der Waals surface area contributed by atoms with E-state index >= 15 is 0 Å². The fraction of sp³-hybridized carbons (Fsp3) is 0.333. The van der Waals surface area contributed by atoms with Crippen LogP contribution in [0.15, 0.2) is 48.5 Å². The number of piperidine rings is 1. The van der Waals surface area contributed by atoms with E-state index in [1.165, 1.54) is 0 Å². The summed E-state index contributed by atoms with van der Waals surface area (Å²) in [6, 6.07) is 13.9. The van der Waals surface area contributed by atoms with Gasteiger partial charge in [-0.2, -0.15) is 0 Å². The number of fused-ring (bicyclic) bond motifs is 2. The minimum absolute atomic E-state index is 0.0474. The monoisotopic (exact) mass is 446 g/mol. The largest absolute Gasteiger partial charge is 0.353 e. The lowest BCUT2D eigenvalue weighted by Gasteiger charge is -2.32. The van der Waals surface area contributed by atoms with Crippen molar-refractivity contribution >= 4 is 34.4 Å². The van der Waals surface area contributed by atoms with Crippen molar-refractivity contribution in [3.63, 3.8) is 0 Å². The number of amides is 3. The lowest BCUT2D eigenvalue weighted by Crippen LogP contribution is -2.48. The third-order valence-corrected chi connectivity index (χ3v) is 6.21. The predicted octanol–water partition coefficient (Wildman–Crippen LogP) is 1.78. The average molecular weight is 447 g/mol. The van der Waals surface area contributed by atoms with Crippen LogP contribution in [0.3, 0.4) is 0 Å².